The van der Waals surface area contributed by atoms with Gasteiger partial charge in [-0.25, -0.2) is 0 Å². The molecule has 0 heterocycles. The number of rotatable bonds is 60. The van der Waals surface area contributed by atoms with Crippen molar-refractivity contribution < 1.29 is 28.6 Å². The molecule has 0 radical (unpaired) electrons. The van der Waals surface area contributed by atoms with Crippen LogP contribution in [0.5, 0.6) is 0 Å². The summed E-state index contributed by atoms with van der Waals surface area (Å²) in [6.45, 7) is 6.41. The molecule has 79 heavy (non-hydrogen) atoms. The first-order valence-electron chi connectivity index (χ1n) is 33.4. The minimum Gasteiger partial charge on any atom is -0.462 e. The Labute approximate surface area is 489 Å². The molecule has 452 valence electrons. The largest absolute Gasteiger partial charge is 0.462 e. The summed E-state index contributed by atoms with van der Waals surface area (Å²) in [5.41, 5.74) is 0. The molecule has 0 saturated heterocycles. The van der Waals surface area contributed by atoms with Gasteiger partial charge in [0.05, 0.1) is 0 Å². The summed E-state index contributed by atoms with van der Waals surface area (Å²) in [7, 11) is 0. The second-order valence-electron chi connectivity index (χ2n) is 22.0. The highest BCUT2D eigenvalue weighted by molar-refractivity contribution is 5.71. The number of hydrogen-bond donors (Lipinski definition) is 0. The summed E-state index contributed by atoms with van der Waals surface area (Å²) < 4.78 is 16.9. The lowest BCUT2D eigenvalue weighted by Gasteiger charge is -2.18. The molecule has 6 heteroatoms. The Balaban J connectivity index is 4.08. The molecule has 0 aromatic heterocycles. The van der Waals surface area contributed by atoms with Gasteiger partial charge in [0, 0.05) is 19.3 Å². The Bertz CT molecular complexity index is 1590. The van der Waals surface area contributed by atoms with Crippen LogP contribution in [0, 0.1) is 0 Å². The van der Waals surface area contributed by atoms with E-state index in [0.29, 0.717) is 19.3 Å². The highest BCUT2D eigenvalue weighted by atomic mass is 16.6. The summed E-state index contributed by atoms with van der Waals surface area (Å²) in [6, 6.07) is 0. The average Bonchev–Trinajstić information content (AvgIpc) is 3.45. The first-order chi connectivity index (χ1) is 39.0. The van der Waals surface area contributed by atoms with E-state index >= 15 is 0 Å². The maximum Gasteiger partial charge on any atom is 0.306 e. The van der Waals surface area contributed by atoms with E-state index in [1.807, 2.05) is 0 Å². The molecule has 0 amide bonds. The second kappa shape index (κ2) is 66.6. The summed E-state index contributed by atoms with van der Waals surface area (Å²) in [6.07, 6.45) is 91.2. The fraction of sp³-hybridized carbons (Fsp3) is 0.712. The Morgan fingerprint density at radius 2 is 0.494 bits per heavy atom. The number of allylic oxidation sites excluding steroid dienone is 18. The molecular formula is C73H124O6. The molecule has 6 nitrogen and oxygen atoms in total. The van der Waals surface area contributed by atoms with E-state index in [1.165, 1.54) is 154 Å². The van der Waals surface area contributed by atoms with Crippen molar-refractivity contribution in [1.82, 2.24) is 0 Å². The Kier molecular flexibility index (Phi) is 63.3. The number of ether oxygens (including phenoxy) is 3. The van der Waals surface area contributed by atoms with Crippen LogP contribution in [0.3, 0.4) is 0 Å². The van der Waals surface area contributed by atoms with Gasteiger partial charge in [-0.15, -0.1) is 0 Å². The Hall–Kier alpha value is -3.93. The lowest BCUT2D eigenvalue weighted by atomic mass is 10.0. The summed E-state index contributed by atoms with van der Waals surface area (Å²) in [5, 5.41) is 0. The van der Waals surface area contributed by atoms with Gasteiger partial charge in [0.2, 0.25) is 0 Å². The zero-order valence-corrected chi connectivity index (χ0v) is 51.9. The molecule has 0 aliphatic carbocycles. The lowest BCUT2D eigenvalue weighted by molar-refractivity contribution is -0.167. The molecule has 0 aliphatic heterocycles. The van der Waals surface area contributed by atoms with Crippen LogP contribution >= 0.6 is 0 Å². The quantitative estimate of drug-likeness (QED) is 0.0261. The van der Waals surface area contributed by atoms with Crippen molar-refractivity contribution in [1.29, 1.82) is 0 Å². The third-order valence-electron chi connectivity index (χ3n) is 14.3. The van der Waals surface area contributed by atoms with Gasteiger partial charge in [-0.2, -0.15) is 0 Å². The molecule has 0 aromatic rings. The number of carbonyl (C=O) groups is 3. The van der Waals surface area contributed by atoms with Crippen LogP contribution in [0.25, 0.3) is 0 Å². The van der Waals surface area contributed by atoms with Gasteiger partial charge in [-0.05, 0) is 103 Å². The molecule has 0 N–H and O–H groups in total. The minimum absolute atomic E-state index is 0.0782. The molecule has 0 aliphatic rings. The average molecular weight is 1100 g/mol. The maximum absolute atomic E-state index is 12.9. The SMILES string of the molecule is CC/C=C\C/C=C\C/C=C\C/C=C\C/C=C\C/C=C\CCCCCCCCCCCCCCCCCCC(=O)OCC(COC(=O)CCCCCCCCCCC)OC(=O)CCCCCCCCC/C=C\C/C=C\C/C=C\CC. The van der Waals surface area contributed by atoms with Crippen molar-refractivity contribution in [3.05, 3.63) is 109 Å². The standard InChI is InChI=1S/C73H124O6/c1-4-7-10-13-16-19-21-23-25-27-28-29-30-31-32-33-34-35-36-37-38-39-40-41-42-43-44-46-47-49-51-54-57-60-63-66-72(75)78-69-70(68-77-71(74)65-62-59-56-53-18-15-12-9-6-3)79-73(76)67-64-61-58-55-52-50-48-45-26-24-22-20-17-14-11-8-5-2/h7-8,10-11,16-17,19-20,23-26,28-29,31-32,34-35,70H,4-6,9,12-15,18,21-22,27,30,33,36-69H2,1-3H3/b10-7-,11-8-,19-16-,20-17-,25-23-,26-24-,29-28-,32-31-,35-34-. The molecule has 1 atom stereocenters. The molecular weight excluding hydrogens is 973 g/mol. The van der Waals surface area contributed by atoms with Crippen LogP contribution in [-0.2, 0) is 28.6 Å². The number of carbonyl (C=O) groups excluding carboxylic acids is 3. The van der Waals surface area contributed by atoms with Gasteiger partial charge in [0.1, 0.15) is 13.2 Å². The summed E-state index contributed by atoms with van der Waals surface area (Å²) >= 11 is 0. The van der Waals surface area contributed by atoms with Crippen molar-refractivity contribution in [3.8, 4) is 0 Å². The second-order valence-corrected chi connectivity index (χ2v) is 22.0. The van der Waals surface area contributed by atoms with E-state index in [-0.39, 0.29) is 31.1 Å². The van der Waals surface area contributed by atoms with Crippen molar-refractivity contribution in [2.24, 2.45) is 0 Å². The van der Waals surface area contributed by atoms with Crippen LogP contribution in [0.15, 0.2) is 109 Å². The van der Waals surface area contributed by atoms with Gasteiger partial charge < -0.3 is 14.2 Å². The normalized spacial score (nSPS) is 12.8. The van der Waals surface area contributed by atoms with Gasteiger partial charge in [0.15, 0.2) is 6.10 Å². The Morgan fingerprint density at radius 3 is 0.772 bits per heavy atom. The van der Waals surface area contributed by atoms with Crippen LogP contribution in [-0.4, -0.2) is 37.2 Å². The first-order valence-corrected chi connectivity index (χ1v) is 33.4. The summed E-state index contributed by atoms with van der Waals surface area (Å²) in [4.78, 5) is 38.2. The monoisotopic (exact) mass is 1100 g/mol. The van der Waals surface area contributed by atoms with Crippen molar-refractivity contribution in [2.45, 2.75) is 322 Å². The van der Waals surface area contributed by atoms with E-state index in [1.54, 1.807) is 0 Å². The molecule has 0 aromatic carbocycles. The van der Waals surface area contributed by atoms with Crippen LogP contribution in [0.4, 0.5) is 0 Å². The fourth-order valence-electron chi connectivity index (χ4n) is 9.35. The minimum atomic E-state index is -0.780. The number of hydrogen-bond acceptors (Lipinski definition) is 6. The lowest BCUT2D eigenvalue weighted by Crippen LogP contribution is -2.30. The number of unbranched alkanes of at least 4 members (excludes halogenated alkanes) is 31. The first kappa shape index (κ1) is 75.1. The topological polar surface area (TPSA) is 78.9 Å². The van der Waals surface area contributed by atoms with E-state index < -0.39 is 6.10 Å². The van der Waals surface area contributed by atoms with E-state index in [2.05, 4.69) is 130 Å². The van der Waals surface area contributed by atoms with E-state index in [4.69, 9.17) is 14.2 Å². The van der Waals surface area contributed by atoms with Crippen molar-refractivity contribution >= 4 is 17.9 Å². The fourth-order valence-corrected chi connectivity index (χ4v) is 9.35. The third kappa shape index (κ3) is 64.8. The van der Waals surface area contributed by atoms with Crippen LogP contribution in [0.2, 0.25) is 0 Å². The predicted octanol–water partition coefficient (Wildman–Crippen LogP) is 23.0. The Morgan fingerprint density at radius 1 is 0.266 bits per heavy atom. The zero-order valence-electron chi connectivity index (χ0n) is 51.9. The smallest absolute Gasteiger partial charge is 0.306 e. The van der Waals surface area contributed by atoms with Crippen molar-refractivity contribution in [3.63, 3.8) is 0 Å². The molecule has 0 spiro atoms. The predicted molar refractivity (Wildman–Crippen MR) is 343 cm³/mol. The molecule has 1 unspecified atom stereocenters. The highest BCUT2D eigenvalue weighted by Gasteiger charge is 2.19. The van der Waals surface area contributed by atoms with E-state index in [0.717, 1.165) is 122 Å². The molecule has 0 rings (SSSR count). The molecule has 0 bridgehead atoms. The molecule has 0 saturated carbocycles. The van der Waals surface area contributed by atoms with Gasteiger partial charge in [0.25, 0.3) is 0 Å². The van der Waals surface area contributed by atoms with Gasteiger partial charge >= 0.3 is 17.9 Å². The van der Waals surface area contributed by atoms with Crippen molar-refractivity contribution in [2.75, 3.05) is 13.2 Å². The van der Waals surface area contributed by atoms with Crippen LogP contribution < -0.4 is 0 Å². The molecule has 0 fully saturated rings. The maximum atomic E-state index is 12.9. The van der Waals surface area contributed by atoms with E-state index in [9.17, 15) is 14.4 Å². The third-order valence-corrected chi connectivity index (χ3v) is 14.3. The van der Waals surface area contributed by atoms with Crippen LogP contribution in [0.1, 0.15) is 316 Å². The zero-order chi connectivity index (χ0) is 57.1. The van der Waals surface area contributed by atoms with Gasteiger partial charge in [-0.3, -0.25) is 14.4 Å². The number of esters is 3. The van der Waals surface area contributed by atoms with Gasteiger partial charge in [-0.1, -0.05) is 304 Å². The highest BCUT2D eigenvalue weighted by Crippen LogP contribution is 2.17. The summed E-state index contributed by atoms with van der Waals surface area (Å²) in [5.74, 6) is -0.881.